The SMILES string of the molecule is CCN(CCCc1c[nH]c2c(Cl)cccc12)C1COc2c(F)ccc(C(N)=O)c2C1.NC(=O)c1ccc(F)c2c1CC(NCCCc1c[nH]c3c(Cl)cccc13)CO2. The van der Waals surface area contributed by atoms with Crippen molar-refractivity contribution in [1.82, 2.24) is 20.2 Å². The lowest BCUT2D eigenvalue weighted by molar-refractivity contribution is 0.0983. The number of benzene rings is 4. The number of carbonyl (C=O) groups is 2. The van der Waals surface area contributed by atoms with Gasteiger partial charge in [-0.1, -0.05) is 54.4 Å². The lowest BCUT2D eigenvalue weighted by atomic mass is 9.95. The number of nitrogens with zero attached hydrogens (tertiary/aromatic N) is 1. The number of hydrogen-bond acceptors (Lipinski definition) is 6. The van der Waals surface area contributed by atoms with E-state index in [1.165, 1.54) is 35.4 Å². The Kier molecular flexibility index (Phi) is 12.9. The summed E-state index contributed by atoms with van der Waals surface area (Å²) in [5.41, 5.74) is 17.1. The van der Waals surface area contributed by atoms with Gasteiger partial charge in [-0.3, -0.25) is 14.5 Å². The summed E-state index contributed by atoms with van der Waals surface area (Å²) in [6, 6.07) is 17.2. The maximum absolute atomic E-state index is 14.1. The third kappa shape index (κ3) is 8.80. The molecule has 0 spiro atoms. The molecular weight excluding hydrogens is 785 g/mol. The molecule has 304 valence electrons. The fourth-order valence-electron chi connectivity index (χ4n) is 8.13. The predicted molar refractivity (Wildman–Crippen MR) is 224 cm³/mol. The zero-order chi connectivity index (χ0) is 40.9. The lowest BCUT2D eigenvalue weighted by Crippen LogP contribution is -2.44. The molecule has 7 N–H and O–H groups in total. The average Bonchev–Trinajstić information content (AvgIpc) is 3.84. The number of aromatic nitrogens is 2. The molecule has 0 saturated heterocycles. The van der Waals surface area contributed by atoms with Crippen molar-refractivity contribution in [3.05, 3.63) is 128 Å². The standard InChI is InChI=1S/C23H25ClFN3O2.C21H21ClFN3O2/c1-2-28(10-4-5-14-12-27-21-16(14)6-3-7-19(21)24)15-11-18-17(23(26)29)8-9-20(25)22(18)30-13-15;22-17-5-1-4-14-12(10-26-19(14)17)3-2-8-25-13-9-16-15(21(24)27)6-7-18(23)20(16)28-11-13/h3,6-9,12,15,27H,2,4-5,10-11,13H2,1H3,(H2,26,29);1,4-7,10,13,25-26H,2-3,8-9,11H2,(H2,24,27). The number of amides is 2. The van der Waals surface area contributed by atoms with Gasteiger partial charge in [-0.15, -0.1) is 0 Å². The summed E-state index contributed by atoms with van der Waals surface area (Å²) in [6.07, 6.45) is 8.78. The predicted octanol–water partition coefficient (Wildman–Crippen LogP) is 7.90. The van der Waals surface area contributed by atoms with Crippen LogP contribution < -0.4 is 26.3 Å². The molecule has 2 amide bonds. The number of nitrogens with one attached hydrogen (secondary N) is 3. The molecule has 2 aliphatic heterocycles. The molecule has 0 fully saturated rings. The first kappa shape index (κ1) is 41.0. The van der Waals surface area contributed by atoms with Crippen LogP contribution in [-0.2, 0) is 25.7 Å². The number of nitrogens with two attached hydrogens (primary N) is 2. The van der Waals surface area contributed by atoms with Crippen LogP contribution in [0.5, 0.6) is 11.5 Å². The smallest absolute Gasteiger partial charge is 0.249 e. The van der Waals surface area contributed by atoms with E-state index in [-0.39, 0.29) is 23.6 Å². The zero-order valence-electron chi connectivity index (χ0n) is 32.1. The summed E-state index contributed by atoms with van der Waals surface area (Å²) in [5, 5.41) is 7.18. The Hall–Kier alpha value is -5.14. The largest absolute Gasteiger partial charge is 0.489 e. The molecule has 2 aliphatic rings. The molecule has 4 aromatic carbocycles. The van der Waals surface area contributed by atoms with Gasteiger partial charge in [0, 0.05) is 57.5 Å². The van der Waals surface area contributed by atoms with Crippen molar-refractivity contribution in [2.45, 2.75) is 57.5 Å². The van der Waals surface area contributed by atoms with Gasteiger partial charge in [-0.05, 0) is 106 Å². The van der Waals surface area contributed by atoms with E-state index in [9.17, 15) is 18.4 Å². The second-order valence-corrected chi connectivity index (χ2v) is 15.5. The second-order valence-electron chi connectivity index (χ2n) is 14.7. The van der Waals surface area contributed by atoms with Crippen molar-refractivity contribution in [2.24, 2.45) is 11.5 Å². The van der Waals surface area contributed by atoms with Crippen molar-refractivity contribution in [2.75, 3.05) is 32.8 Å². The van der Waals surface area contributed by atoms with Crippen LogP contribution in [0.2, 0.25) is 10.0 Å². The average molecular weight is 832 g/mol. The summed E-state index contributed by atoms with van der Waals surface area (Å²) in [5.74, 6) is -1.74. The Morgan fingerprint density at radius 1 is 0.776 bits per heavy atom. The summed E-state index contributed by atoms with van der Waals surface area (Å²) in [7, 11) is 0. The van der Waals surface area contributed by atoms with Gasteiger partial charge >= 0.3 is 0 Å². The highest BCUT2D eigenvalue weighted by Gasteiger charge is 2.30. The minimum absolute atomic E-state index is 0.00446. The molecule has 6 aromatic rings. The van der Waals surface area contributed by atoms with E-state index >= 15 is 0 Å². The molecule has 0 saturated carbocycles. The van der Waals surface area contributed by atoms with Gasteiger partial charge in [0.2, 0.25) is 11.8 Å². The minimum Gasteiger partial charge on any atom is -0.489 e. The number of likely N-dealkylation sites (N-methyl/N-ethyl adjacent to an activating group) is 1. The molecule has 0 radical (unpaired) electrons. The Morgan fingerprint density at radius 2 is 1.31 bits per heavy atom. The van der Waals surface area contributed by atoms with E-state index in [0.717, 1.165) is 77.2 Å². The van der Waals surface area contributed by atoms with Crippen LogP contribution in [0.25, 0.3) is 21.8 Å². The third-order valence-electron chi connectivity index (χ3n) is 11.1. The lowest BCUT2D eigenvalue weighted by Gasteiger charge is -2.35. The van der Waals surface area contributed by atoms with Crippen molar-refractivity contribution < 1.29 is 27.8 Å². The number of carbonyl (C=O) groups excluding carboxylic acids is 2. The number of fused-ring (bicyclic) bond motifs is 4. The van der Waals surface area contributed by atoms with Crippen molar-refractivity contribution in [1.29, 1.82) is 0 Å². The first-order chi connectivity index (χ1) is 28.0. The van der Waals surface area contributed by atoms with Crippen LogP contribution in [0.1, 0.15) is 62.7 Å². The molecule has 2 atom stereocenters. The fraction of sp³-hybridized carbons (Fsp3) is 0.318. The van der Waals surface area contributed by atoms with E-state index in [1.807, 2.05) is 36.7 Å². The number of primary amides is 2. The quantitative estimate of drug-likeness (QED) is 0.0747. The highest BCUT2D eigenvalue weighted by molar-refractivity contribution is 6.35. The van der Waals surface area contributed by atoms with E-state index < -0.39 is 23.4 Å². The van der Waals surface area contributed by atoms with Gasteiger partial charge in [0.25, 0.3) is 0 Å². The van der Waals surface area contributed by atoms with Gasteiger partial charge in [-0.2, -0.15) is 0 Å². The van der Waals surface area contributed by atoms with Crippen LogP contribution in [0.15, 0.2) is 73.1 Å². The number of aryl methyl sites for hydroxylation is 2. The first-order valence-corrected chi connectivity index (χ1v) is 20.2. The van der Waals surface area contributed by atoms with E-state index in [0.29, 0.717) is 48.3 Å². The van der Waals surface area contributed by atoms with Crippen LogP contribution >= 0.6 is 23.2 Å². The fourth-order valence-corrected chi connectivity index (χ4v) is 8.59. The Morgan fingerprint density at radius 3 is 1.86 bits per heavy atom. The van der Waals surface area contributed by atoms with Gasteiger partial charge in [0.15, 0.2) is 23.1 Å². The molecule has 0 bridgehead atoms. The van der Waals surface area contributed by atoms with E-state index in [4.69, 9.17) is 44.1 Å². The second kappa shape index (κ2) is 18.2. The monoisotopic (exact) mass is 830 g/mol. The number of H-pyrrole nitrogens is 2. The molecular formula is C44H46Cl2F2N6O4. The van der Waals surface area contributed by atoms with Gasteiger partial charge in [-0.25, -0.2) is 8.78 Å². The summed E-state index contributed by atoms with van der Waals surface area (Å²) < 4.78 is 39.4. The molecule has 8 rings (SSSR count). The number of hydrogen-bond donors (Lipinski definition) is 5. The maximum Gasteiger partial charge on any atom is 0.249 e. The Bertz CT molecular complexity index is 2450. The summed E-state index contributed by atoms with van der Waals surface area (Å²) in [4.78, 5) is 32.2. The van der Waals surface area contributed by atoms with E-state index in [1.54, 1.807) is 0 Å². The highest BCUT2D eigenvalue weighted by atomic mass is 35.5. The van der Waals surface area contributed by atoms with Gasteiger partial charge in [0.05, 0.1) is 21.1 Å². The third-order valence-corrected chi connectivity index (χ3v) is 11.7. The molecule has 14 heteroatoms. The molecule has 10 nitrogen and oxygen atoms in total. The minimum atomic E-state index is -0.571. The van der Waals surface area contributed by atoms with E-state index in [2.05, 4.69) is 39.2 Å². The number of rotatable bonds is 13. The summed E-state index contributed by atoms with van der Waals surface area (Å²) >= 11 is 12.5. The molecule has 2 aromatic heterocycles. The Labute approximate surface area is 345 Å². The zero-order valence-corrected chi connectivity index (χ0v) is 33.6. The number of aromatic amines is 2. The van der Waals surface area contributed by atoms with Crippen LogP contribution in [0.4, 0.5) is 8.78 Å². The summed E-state index contributed by atoms with van der Waals surface area (Å²) in [6.45, 7) is 5.33. The Balaban J connectivity index is 0.000000177. The van der Waals surface area contributed by atoms with Crippen molar-refractivity contribution >= 4 is 56.8 Å². The number of para-hydroxylation sites is 2. The van der Waals surface area contributed by atoms with Gasteiger partial charge in [0.1, 0.15) is 13.2 Å². The molecule has 0 aliphatic carbocycles. The number of ether oxygens (including phenoxy) is 2. The van der Waals surface area contributed by atoms with Crippen LogP contribution in [0.3, 0.4) is 0 Å². The first-order valence-electron chi connectivity index (χ1n) is 19.5. The van der Waals surface area contributed by atoms with Gasteiger partial charge < -0.3 is 36.2 Å². The van der Waals surface area contributed by atoms with Crippen molar-refractivity contribution in [3.63, 3.8) is 0 Å². The topological polar surface area (TPSA) is 151 Å². The maximum atomic E-state index is 14.1. The van der Waals surface area contributed by atoms with Crippen LogP contribution in [0, 0.1) is 11.6 Å². The van der Waals surface area contributed by atoms with Crippen LogP contribution in [-0.4, -0.2) is 71.6 Å². The highest BCUT2D eigenvalue weighted by Crippen LogP contribution is 2.34. The molecule has 4 heterocycles. The molecule has 58 heavy (non-hydrogen) atoms. The number of halogens is 4. The van der Waals surface area contributed by atoms with Crippen molar-refractivity contribution in [3.8, 4) is 11.5 Å². The normalized spacial score (nSPS) is 16.0. The molecule has 2 unspecified atom stereocenters.